The number of benzene rings is 1. The summed E-state index contributed by atoms with van der Waals surface area (Å²) in [4.78, 5) is 15.6. The van der Waals surface area contributed by atoms with E-state index < -0.39 is 11.7 Å². The van der Waals surface area contributed by atoms with Crippen LogP contribution in [-0.2, 0) is 0 Å². The highest BCUT2D eigenvalue weighted by Gasteiger charge is 2.11. The molecule has 0 aliphatic carbocycles. The monoisotopic (exact) mass is 280 g/mol. The lowest BCUT2D eigenvalue weighted by molar-refractivity contribution is 0.102. The normalized spacial score (nSPS) is 11.3. The number of thiazole rings is 1. The Bertz CT molecular complexity index is 628. The number of nitrogens with one attached hydrogen (secondary N) is 1. The molecule has 8 heteroatoms. The second-order valence-corrected chi connectivity index (χ2v) is 4.23. The molecule has 0 aliphatic rings. The molecule has 1 heterocycles. The van der Waals surface area contributed by atoms with Gasteiger partial charge in [-0.25, -0.2) is 9.37 Å². The molecule has 1 aromatic heterocycles. The summed E-state index contributed by atoms with van der Waals surface area (Å²) >= 11 is 1.29. The van der Waals surface area contributed by atoms with Crippen LogP contribution in [0.25, 0.3) is 0 Å². The van der Waals surface area contributed by atoms with Crippen molar-refractivity contribution in [2.45, 2.75) is 0 Å². The lowest BCUT2D eigenvalue weighted by Gasteiger charge is -2.06. The van der Waals surface area contributed by atoms with Gasteiger partial charge in [0.05, 0.1) is 11.1 Å². The number of carbonyl (C=O) groups is 1. The van der Waals surface area contributed by atoms with Crippen molar-refractivity contribution >= 4 is 28.8 Å². The maximum absolute atomic E-state index is 13.4. The van der Waals surface area contributed by atoms with Crippen LogP contribution in [0.15, 0.2) is 34.2 Å². The smallest absolute Gasteiger partial charge is 0.275 e. The Morgan fingerprint density at radius 2 is 2.32 bits per heavy atom. The third-order valence-electron chi connectivity index (χ3n) is 2.27. The molecule has 1 aromatic carbocycles. The van der Waals surface area contributed by atoms with Gasteiger partial charge >= 0.3 is 0 Å². The van der Waals surface area contributed by atoms with Crippen LogP contribution in [0.2, 0.25) is 0 Å². The molecule has 0 bridgehead atoms. The minimum Gasteiger partial charge on any atom is -0.409 e. The summed E-state index contributed by atoms with van der Waals surface area (Å²) in [6.07, 6.45) is 0. The van der Waals surface area contributed by atoms with E-state index in [2.05, 4.69) is 15.5 Å². The summed E-state index contributed by atoms with van der Waals surface area (Å²) in [7, 11) is 0. The van der Waals surface area contributed by atoms with Crippen LogP contribution in [0, 0.1) is 5.82 Å². The molecule has 0 unspecified atom stereocenters. The maximum atomic E-state index is 13.4. The average Bonchev–Trinajstić information content (AvgIpc) is 2.94. The molecule has 0 atom stereocenters. The van der Waals surface area contributed by atoms with Gasteiger partial charge in [-0.15, -0.1) is 11.3 Å². The molecule has 0 saturated carbocycles. The van der Waals surface area contributed by atoms with E-state index in [-0.39, 0.29) is 17.1 Å². The largest absolute Gasteiger partial charge is 0.409 e. The van der Waals surface area contributed by atoms with Crippen LogP contribution >= 0.6 is 11.3 Å². The predicted octanol–water partition coefficient (Wildman–Crippen LogP) is 1.63. The molecule has 0 saturated heterocycles. The van der Waals surface area contributed by atoms with E-state index in [1.165, 1.54) is 29.0 Å². The molecule has 0 fully saturated rings. The van der Waals surface area contributed by atoms with Gasteiger partial charge in [-0.2, -0.15) is 0 Å². The summed E-state index contributed by atoms with van der Waals surface area (Å²) in [5, 5.41) is 15.4. The standard InChI is InChI=1S/C11H9FN4O2S/c12-8-2-1-6(3-7(8)10(13)16-18)15-11(17)9-4-19-5-14-9/h1-5,18H,(H2,13,16)(H,15,17). The number of hydrogen-bond donors (Lipinski definition) is 3. The molecule has 0 radical (unpaired) electrons. The van der Waals surface area contributed by atoms with Gasteiger partial charge in [0.15, 0.2) is 5.84 Å². The first-order valence-corrected chi connectivity index (χ1v) is 6.03. The van der Waals surface area contributed by atoms with Gasteiger partial charge in [-0.05, 0) is 18.2 Å². The zero-order valence-electron chi connectivity index (χ0n) is 9.50. The minimum absolute atomic E-state index is 0.0985. The van der Waals surface area contributed by atoms with Crippen LogP contribution in [0.5, 0.6) is 0 Å². The van der Waals surface area contributed by atoms with Gasteiger partial charge in [0.25, 0.3) is 5.91 Å². The first kappa shape index (κ1) is 13.0. The van der Waals surface area contributed by atoms with Gasteiger partial charge in [0.1, 0.15) is 11.5 Å². The molecule has 2 rings (SSSR count). The molecular weight excluding hydrogens is 271 g/mol. The molecule has 1 amide bonds. The van der Waals surface area contributed by atoms with Crippen molar-refractivity contribution in [2.75, 3.05) is 5.32 Å². The summed E-state index contributed by atoms with van der Waals surface area (Å²) < 4.78 is 13.4. The Hall–Kier alpha value is -2.48. The summed E-state index contributed by atoms with van der Waals surface area (Å²) in [5.74, 6) is -1.44. The van der Waals surface area contributed by atoms with Crippen LogP contribution in [0.4, 0.5) is 10.1 Å². The number of aromatic nitrogens is 1. The second-order valence-electron chi connectivity index (χ2n) is 3.51. The number of hydrogen-bond acceptors (Lipinski definition) is 5. The lowest BCUT2D eigenvalue weighted by Crippen LogP contribution is -2.17. The highest BCUT2D eigenvalue weighted by Crippen LogP contribution is 2.15. The fraction of sp³-hybridized carbons (Fsp3) is 0. The Labute approximate surface area is 111 Å². The third-order valence-corrected chi connectivity index (χ3v) is 2.86. The Kier molecular flexibility index (Phi) is 3.71. The van der Waals surface area contributed by atoms with Crippen molar-refractivity contribution in [2.24, 2.45) is 10.9 Å². The zero-order valence-corrected chi connectivity index (χ0v) is 10.3. The Morgan fingerprint density at radius 3 is 2.95 bits per heavy atom. The van der Waals surface area contributed by atoms with E-state index in [9.17, 15) is 9.18 Å². The molecule has 98 valence electrons. The number of halogens is 1. The van der Waals surface area contributed by atoms with Gasteiger partial charge < -0.3 is 16.3 Å². The Morgan fingerprint density at radius 1 is 1.53 bits per heavy atom. The molecule has 19 heavy (non-hydrogen) atoms. The van der Waals surface area contributed by atoms with E-state index in [1.807, 2.05) is 0 Å². The summed E-state index contributed by atoms with van der Waals surface area (Å²) in [5.41, 5.74) is 7.34. The van der Waals surface area contributed by atoms with Crippen molar-refractivity contribution in [1.29, 1.82) is 0 Å². The second kappa shape index (κ2) is 5.44. The third kappa shape index (κ3) is 2.86. The first-order chi connectivity index (χ1) is 9.11. The van der Waals surface area contributed by atoms with Crippen molar-refractivity contribution < 1.29 is 14.4 Å². The first-order valence-electron chi connectivity index (χ1n) is 5.09. The summed E-state index contributed by atoms with van der Waals surface area (Å²) in [6, 6.07) is 3.76. The molecule has 0 spiro atoms. The van der Waals surface area contributed by atoms with Crippen LogP contribution in [0.1, 0.15) is 16.1 Å². The van der Waals surface area contributed by atoms with E-state index in [0.717, 1.165) is 6.07 Å². The van der Waals surface area contributed by atoms with Crippen LogP contribution in [0.3, 0.4) is 0 Å². The number of rotatable bonds is 3. The number of carbonyl (C=O) groups excluding carboxylic acids is 1. The maximum Gasteiger partial charge on any atom is 0.275 e. The number of amides is 1. The van der Waals surface area contributed by atoms with Gasteiger partial charge in [0, 0.05) is 11.1 Å². The molecule has 0 aliphatic heterocycles. The van der Waals surface area contributed by atoms with Gasteiger partial charge in [-0.3, -0.25) is 4.79 Å². The van der Waals surface area contributed by atoms with Crippen LogP contribution in [-0.4, -0.2) is 21.9 Å². The van der Waals surface area contributed by atoms with E-state index in [4.69, 9.17) is 10.9 Å². The fourth-order valence-electron chi connectivity index (χ4n) is 1.37. The van der Waals surface area contributed by atoms with E-state index >= 15 is 0 Å². The number of oxime groups is 1. The highest BCUT2D eigenvalue weighted by molar-refractivity contribution is 7.07. The van der Waals surface area contributed by atoms with Gasteiger partial charge in [-0.1, -0.05) is 5.16 Å². The van der Waals surface area contributed by atoms with Gasteiger partial charge in [0.2, 0.25) is 0 Å². The predicted molar refractivity (Wildman–Crippen MR) is 69.0 cm³/mol. The molecular formula is C11H9FN4O2S. The SMILES string of the molecule is NC(=NO)c1cc(NC(=O)c2cscn2)ccc1F. The molecule has 2 aromatic rings. The van der Waals surface area contributed by atoms with Crippen molar-refractivity contribution in [3.8, 4) is 0 Å². The number of anilines is 1. The molecule has 4 N–H and O–H groups in total. The fourth-order valence-corrected chi connectivity index (χ4v) is 1.91. The lowest BCUT2D eigenvalue weighted by atomic mass is 10.1. The number of nitrogens with two attached hydrogens (primary N) is 1. The van der Waals surface area contributed by atoms with Crippen LogP contribution < -0.4 is 11.1 Å². The van der Waals surface area contributed by atoms with Crippen molar-refractivity contribution in [1.82, 2.24) is 4.98 Å². The average molecular weight is 280 g/mol. The van der Waals surface area contributed by atoms with Crippen molar-refractivity contribution in [3.63, 3.8) is 0 Å². The molecule has 6 nitrogen and oxygen atoms in total. The number of nitrogens with zero attached hydrogens (tertiary/aromatic N) is 2. The van der Waals surface area contributed by atoms with E-state index in [0.29, 0.717) is 5.69 Å². The van der Waals surface area contributed by atoms with E-state index in [1.54, 1.807) is 5.38 Å². The quantitative estimate of drug-likeness (QED) is 0.344. The van der Waals surface area contributed by atoms with Crippen molar-refractivity contribution in [3.05, 3.63) is 46.2 Å². The topological polar surface area (TPSA) is 101 Å². The zero-order chi connectivity index (χ0) is 13.8. The minimum atomic E-state index is -0.651. The Balaban J connectivity index is 2.25. The number of amidine groups is 1. The highest BCUT2D eigenvalue weighted by atomic mass is 32.1. The summed E-state index contributed by atoms with van der Waals surface area (Å²) in [6.45, 7) is 0.